The van der Waals surface area contributed by atoms with Crippen molar-refractivity contribution in [2.24, 2.45) is 0 Å². The standard InChI is InChI=1S/C25H31N3O2/c1-2-19-9-11-20(12-10-19)17-26-23(29)18-28-16-13-21-7-3-4-8-22(21)24(28)25(30)27-14-5-6-15-27/h3-4,7-12,24H,2,5-6,13-18H2,1H3,(H,26,29)/t24-/m0/s1. The van der Waals surface area contributed by atoms with Gasteiger partial charge in [-0.2, -0.15) is 0 Å². The first-order chi connectivity index (χ1) is 14.7. The Labute approximate surface area is 179 Å². The van der Waals surface area contributed by atoms with Crippen LogP contribution < -0.4 is 5.32 Å². The van der Waals surface area contributed by atoms with Crippen molar-refractivity contribution in [2.45, 2.75) is 45.2 Å². The van der Waals surface area contributed by atoms with Gasteiger partial charge < -0.3 is 10.2 Å². The highest BCUT2D eigenvalue weighted by atomic mass is 16.2. The highest BCUT2D eigenvalue weighted by molar-refractivity contribution is 5.86. The van der Waals surface area contributed by atoms with Crippen LogP contribution in [0.25, 0.3) is 0 Å². The molecule has 5 heteroatoms. The van der Waals surface area contributed by atoms with E-state index >= 15 is 0 Å². The lowest BCUT2D eigenvalue weighted by Gasteiger charge is -2.37. The fourth-order valence-corrected chi connectivity index (χ4v) is 4.52. The maximum atomic E-state index is 13.3. The highest BCUT2D eigenvalue weighted by Gasteiger charge is 2.36. The number of carbonyl (C=O) groups is 2. The van der Waals surface area contributed by atoms with Gasteiger partial charge in [0.25, 0.3) is 0 Å². The highest BCUT2D eigenvalue weighted by Crippen LogP contribution is 2.32. The first kappa shape index (κ1) is 20.6. The normalized spacial score (nSPS) is 18.8. The minimum Gasteiger partial charge on any atom is -0.351 e. The molecule has 2 aromatic rings. The summed E-state index contributed by atoms with van der Waals surface area (Å²) in [6.45, 7) is 5.26. The fraction of sp³-hybridized carbons (Fsp3) is 0.440. The van der Waals surface area contributed by atoms with Crippen molar-refractivity contribution in [3.05, 3.63) is 70.8 Å². The number of amides is 2. The van der Waals surface area contributed by atoms with Crippen LogP contribution in [0, 0.1) is 0 Å². The van der Waals surface area contributed by atoms with E-state index in [1.165, 1.54) is 11.1 Å². The van der Waals surface area contributed by atoms with Gasteiger partial charge in [-0.15, -0.1) is 0 Å². The summed E-state index contributed by atoms with van der Waals surface area (Å²) in [5.74, 6) is 0.107. The Bertz CT molecular complexity index is 888. The zero-order valence-electron chi connectivity index (χ0n) is 17.8. The molecule has 1 atom stereocenters. The van der Waals surface area contributed by atoms with Gasteiger partial charge in [-0.3, -0.25) is 14.5 Å². The van der Waals surface area contributed by atoms with Gasteiger partial charge in [0, 0.05) is 26.2 Å². The van der Waals surface area contributed by atoms with E-state index in [9.17, 15) is 9.59 Å². The Hall–Kier alpha value is -2.66. The van der Waals surface area contributed by atoms with Crippen LogP contribution in [0.5, 0.6) is 0 Å². The molecule has 5 nitrogen and oxygen atoms in total. The summed E-state index contributed by atoms with van der Waals surface area (Å²) < 4.78 is 0. The van der Waals surface area contributed by atoms with Crippen LogP contribution in [0.4, 0.5) is 0 Å². The van der Waals surface area contributed by atoms with E-state index in [1.807, 2.05) is 23.1 Å². The third-order valence-electron chi connectivity index (χ3n) is 6.30. The van der Waals surface area contributed by atoms with Crippen molar-refractivity contribution < 1.29 is 9.59 Å². The van der Waals surface area contributed by atoms with E-state index in [2.05, 4.69) is 47.5 Å². The van der Waals surface area contributed by atoms with E-state index in [0.717, 1.165) is 56.4 Å². The number of nitrogens with zero attached hydrogens (tertiary/aromatic N) is 2. The molecule has 1 fully saturated rings. The molecule has 0 bridgehead atoms. The summed E-state index contributed by atoms with van der Waals surface area (Å²) in [5.41, 5.74) is 4.67. The lowest BCUT2D eigenvalue weighted by molar-refractivity contribution is -0.137. The average Bonchev–Trinajstić information content (AvgIpc) is 3.32. The van der Waals surface area contributed by atoms with Crippen molar-refractivity contribution in [2.75, 3.05) is 26.2 Å². The van der Waals surface area contributed by atoms with Gasteiger partial charge in [0.05, 0.1) is 6.54 Å². The van der Waals surface area contributed by atoms with Crippen LogP contribution in [0.2, 0.25) is 0 Å². The maximum Gasteiger partial charge on any atom is 0.244 e. The van der Waals surface area contributed by atoms with Gasteiger partial charge in [-0.25, -0.2) is 0 Å². The molecule has 158 valence electrons. The minimum absolute atomic E-state index is 0.0341. The largest absolute Gasteiger partial charge is 0.351 e. The molecular weight excluding hydrogens is 374 g/mol. The summed E-state index contributed by atoms with van der Waals surface area (Å²) in [6, 6.07) is 16.2. The maximum absolute atomic E-state index is 13.3. The number of hydrogen-bond acceptors (Lipinski definition) is 3. The van der Waals surface area contributed by atoms with Gasteiger partial charge in [-0.05, 0) is 47.9 Å². The molecule has 0 radical (unpaired) electrons. The number of benzene rings is 2. The Kier molecular flexibility index (Phi) is 6.48. The van der Waals surface area contributed by atoms with Crippen LogP contribution in [-0.2, 0) is 29.0 Å². The molecule has 1 saturated heterocycles. The van der Waals surface area contributed by atoms with Crippen LogP contribution >= 0.6 is 0 Å². The predicted molar refractivity (Wildman–Crippen MR) is 118 cm³/mol. The lowest BCUT2D eigenvalue weighted by atomic mass is 9.91. The molecule has 0 spiro atoms. The van der Waals surface area contributed by atoms with Crippen LogP contribution in [-0.4, -0.2) is 47.8 Å². The first-order valence-electron chi connectivity index (χ1n) is 11.1. The van der Waals surface area contributed by atoms with E-state index in [4.69, 9.17) is 0 Å². The third-order valence-corrected chi connectivity index (χ3v) is 6.30. The molecule has 0 aliphatic carbocycles. The van der Waals surface area contributed by atoms with Crippen molar-refractivity contribution >= 4 is 11.8 Å². The van der Waals surface area contributed by atoms with Crippen LogP contribution in [0.3, 0.4) is 0 Å². The molecule has 2 heterocycles. The number of nitrogens with one attached hydrogen (secondary N) is 1. The Balaban J connectivity index is 1.44. The molecule has 30 heavy (non-hydrogen) atoms. The summed E-state index contributed by atoms with van der Waals surface area (Å²) >= 11 is 0. The topological polar surface area (TPSA) is 52.7 Å². The zero-order chi connectivity index (χ0) is 20.9. The summed E-state index contributed by atoms with van der Waals surface area (Å²) in [7, 11) is 0. The van der Waals surface area contributed by atoms with E-state index in [-0.39, 0.29) is 24.4 Å². The Morgan fingerprint density at radius 3 is 2.40 bits per heavy atom. The molecule has 2 amide bonds. The molecular formula is C25H31N3O2. The Morgan fingerprint density at radius 2 is 1.67 bits per heavy atom. The summed E-state index contributed by atoms with van der Waals surface area (Å²) in [4.78, 5) is 30.1. The molecule has 0 saturated carbocycles. The number of rotatable bonds is 6. The molecule has 0 unspecified atom stereocenters. The number of fused-ring (bicyclic) bond motifs is 1. The molecule has 1 N–H and O–H groups in total. The van der Waals surface area contributed by atoms with Gasteiger partial charge >= 0.3 is 0 Å². The van der Waals surface area contributed by atoms with E-state index < -0.39 is 0 Å². The zero-order valence-corrected chi connectivity index (χ0v) is 17.8. The van der Waals surface area contributed by atoms with Gasteiger partial charge in [0.15, 0.2) is 0 Å². The van der Waals surface area contributed by atoms with Crippen molar-refractivity contribution in [3.63, 3.8) is 0 Å². The molecule has 4 rings (SSSR count). The fourth-order valence-electron chi connectivity index (χ4n) is 4.52. The summed E-state index contributed by atoms with van der Waals surface area (Å²) in [5, 5.41) is 3.03. The van der Waals surface area contributed by atoms with Crippen molar-refractivity contribution in [1.82, 2.24) is 15.1 Å². The smallest absolute Gasteiger partial charge is 0.244 e. The summed E-state index contributed by atoms with van der Waals surface area (Å²) in [6.07, 6.45) is 4.01. The predicted octanol–water partition coefficient (Wildman–Crippen LogP) is 3.09. The minimum atomic E-state index is -0.359. The number of hydrogen-bond donors (Lipinski definition) is 1. The van der Waals surface area contributed by atoms with Crippen molar-refractivity contribution in [3.8, 4) is 0 Å². The van der Waals surface area contributed by atoms with Gasteiger partial charge in [0.2, 0.25) is 11.8 Å². The van der Waals surface area contributed by atoms with Gasteiger partial charge in [0.1, 0.15) is 6.04 Å². The van der Waals surface area contributed by atoms with Gasteiger partial charge in [-0.1, -0.05) is 55.5 Å². The number of likely N-dealkylation sites (tertiary alicyclic amines) is 1. The lowest BCUT2D eigenvalue weighted by Crippen LogP contribution is -2.48. The van der Waals surface area contributed by atoms with Crippen LogP contribution in [0.1, 0.15) is 48.1 Å². The Morgan fingerprint density at radius 1 is 0.967 bits per heavy atom. The SMILES string of the molecule is CCc1ccc(CNC(=O)CN2CCc3ccccc3[C@H]2C(=O)N2CCCC2)cc1. The quantitative estimate of drug-likeness (QED) is 0.804. The van der Waals surface area contributed by atoms with Crippen LogP contribution in [0.15, 0.2) is 48.5 Å². The average molecular weight is 406 g/mol. The second kappa shape index (κ2) is 9.43. The first-order valence-corrected chi connectivity index (χ1v) is 11.1. The second-order valence-electron chi connectivity index (χ2n) is 8.30. The number of carbonyl (C=O) groups excluding carboxylic acids is 2. The van der Waals surface area contributed by atoms with E-state index in [1.54, 1.807) is 0 Å². The number of aryl methyl sites for hydroxylation is 1. The molecule has 0 aromatic heterocycles. The third kappa shape index (κ3) is 4.57. The molecule has 2 aliphatic rings. The molecule has 2 aromatic carbocycles. The molecule has 2 aliphatic heterocycles. The van der Waals surface area contributed by atoms with Crippen molar-refractivity contribution in [1.29, 1.82) is 0 Å². The monoisotopic (exact) mass is 405 g/mol. The second-order valence-corrected chi connectivity index (χ2v) is 8.30. The van der Waals surface area contributed by atoms with E-state index in [0.29, 0.717) is 6.54 Å².